The molecule has 1 aliphatic carbocycles. The highest BCUT2D eigenvalue weighted by Gasteiger charge is 2.21. The number of carbonyl (C=O) groups is 2. The SMILES string of the molecule is CCC(=NOC(C)=O)C(=O)c1ccc2c(c1)-c1ccccc1C2. The molecule has 0 radical (unpaired) electrons. The average Bonchev–Trinajstić information content (AvgIpc) is 2.92. The Morgan fingerprint density at radius 3 is 2.57 bits per heavy atom. The van der Waals surface area contributed by atoms with E-state index in [1.54, 1.807) is 0 Å². The van der Waals surface area contributed by atoms with Crippen LogP contribution in [0.25, 0.3) is 11.1 Å². The van der Waals surface area contributed by atoms with E-state index in [0.29, 0.717) is 12.0 Å². The third-order valence-electron chi connectivity index (χ3n) is 3.94. The Kier molecular flexibility index (Phi) is 4.06. The zero-order valence-corrected chi connectivity index (χ0v) is 13.1. The first kappa shape index (κ1) is 15.2. The van der Waals surface area contributed by atoms with Crippen LogP contribution in [0, 0.1) is 0 Å². The molecule has 0 amide bonds. The Morgan fingerprint density at radius 1 is 1.09 bits per heavy atom. The van der Waals surface area contributed by atoms with Crippen molar-refractivity contribution in [3.8, 4) is 11.1 Å². The number of rotatable bonds is 4. The molecular weight excluding hydrogens is 290 g/mol. The molecule has 0 atom stereocenters. The second-order valence-electron chi connectivity index (χ2n) is 5.51. The van der Waals surface area contributed by atoms with Gasteiger partial charge in [-0.25, -0.2) is 4.79 Å². The maximum absolute atomic E-state index is 12.6. The molecule has 0 saturated heterocycles. The minimum absolute atomic E-state index is 0.207. The summed E-state index contributed by atoms with van der Waals surface area (Å²) in [6.45, 7) is 3.07. The lowest BCUT2D eigenvalue weighted by atomic mass is 9.98. The summed E-state index contributed by atoms with van der Waals surface area (Å²) in [7, 11) is 0. The van der Waals surface area contributed by atoms with Crippen LogP contribution in [0.15, 0.2) is 47.6 Å². The first-order chi connectivity index (χ1) is 11.1. The molecule has 0 aromatic heterocycles. The lowest BCUT2D eigenvalue weighted by Crippen LogP contribution is -2.15. The molecule has 4 heteroatoms. The van der Waals surface area contributed by atoms with Crippen LogP contribution in [0.4, 0.5) is 0 Å². The molecule has 2 aromatic carbocycles. The Labute approximate surface area is 134 Å². The highest BCUT2D eigenvalue weighted by atomic mass is 16.7. The first-order valence-corrected chi connectivity index (χ1v) is 7.60. The first-order valence-electron chi connectivity index (χ1n) is 7.60. The minimum atomic E-state index is -0.536. The van der Waals surface area contributed by atoms with Crippen LogP contribution in [0.3, 0.4) is 0 Å². The van der Waals surface area contributed by atoms with Crippen molar-refractivity contribution < 1.29 is 14.4 Å². The molecule has 2 aromatic rings. The van der Waals surface area contributed by atoms with Crippen molar-refractivity contribution in [1.82, 2.24) is 0 Å². The summed E-state index contributed by atoms with van der Waals surface area (Å²) >= 11 is 0. The van der Waals surface area contributed by atoms with E-state index in [0.717, 1.165) is 12.0 Å². The van der Waals surface area contributed by atoms with E-state index in [1.807, 2.05) is 37.3 Å². The molecule has 116 valence electrons. The molecular formula is C19H17NO3. The molecule has 0 N–H and O–H groups in total. The van der Waals surface area contributed by atoms with Crippen molar-refractivity contribution in [2.75, 3.05) is 0 Å². The second kappa shape index (κ2) is 6.16. The van der Waals surface area contributed by atoms with Crippen molar-refractivity contribution in [2.45, 2.75) is 26.7 Å². The van der Waals surface area contributed by atoms with Gasteiger partial charge in [-0.2, -0.15) is 0 Å². The van der Waals surface area contributed by atoms with E-state index in [2.05, 4.69) is 22.1 Å². The van der Waals surface area contributed by atoms with Gasteiger partial charge >= 0.3 is 5.97 Å². The fraction of sp³-hybridized carbons (Fsp3) is 0.211. The van der Waals surface area contributed by atoms with Gasteiger partial charge in [-0.1, -0.05) is 48.5 Å². The van der Waals surface area contributed by atoms with Gasteiger partial charge in [0, 0.05) is 12.5 Å². The van der Waals surface area contributed by atoms with Crippen LogP contribution < -0.4 is 0 Å². The molecule has 4 nitrogen and oxygen atoms in total. The van der Waals surface area contributed by atoms with E-state index >= 15 is 0 Å². The summed E-state index contributed by atoms with van der Waals surface area (Å²) in [6, 6.07) is 13.9. The van der Waals surface area contributed by atoms with Gasteiger partial charge in [-0.15, -0.1) is 0 Å². The normalized spacial score (nSPS) is 12.5. The highest BCUT2D eigenvalue weighted by molar-refractivity contribution is 6.46. The summed E-state index contributed by atoms with van der Waals surface area (Å²) in [5.74, 6) is -0.743. The van der Waals surface area contributed by atoms with Crippen LogP contribution in [-0.2, 0) is 16.1 Å². The van der Waals surface area contributed by atoms with Crippen LogP contribution in [-0.4, -0.2) is 17.5 Å². The number of ketones is 1. The summed E-state index contributed by atoms with van der Waals surface area (Å²) < 4.78 is 0. The van der Waals surface area contributed by atoms with Crippen LogP contribution >= 0.6 is 0 Å². The molecule has 0 spiro atoms. The zero-order chi connectivity index (χ0) is 16.4. The molecule has 0 bridgehead atoms. The number of Topliss-reactive ketones (excluding diaryl/α,β-unsaturated/α-hetero) is 1. The van der Waals surface area contributed by atoms with Gasteiger partial charge < -0.3 is 4.84 Å². The molecule has 0 fully saturated rings. The van der Waals surface area contributed by atoms with Crippen molar-refractivity contribution in [1.29, 1.82) is 0 Å². The molecule has 0 heterocycles. The molecule has 0 saturated carbocycles. The van der Waals surface area contributed by atoms with Gasteiger partial charge in [-0.05, 0) is 41.2 Å². The van der Waals surface area contributed by atoms with Gasteiger partial charge in [0.15, 0.2) is 0 Å². The Morgan fingerprint density at radius 2 is 1.83 bits per heavy atom. The third kappa shape index (κ3) is 2.93. The van der Waals surface area contributed by atoms with Crippen molar-refractivity contribution in [3.05, 3.63) is 59.2 Å². The maximum atomic E-state index is 12.6. The zero-order valence-electron chi connectivity index (χ0n) is 13.1. The number of fused-ring (bicyclic) bond motifs is 3. The summed E-state index contributed by atoms with van der Waals surface area (Å²) in [5.41, 5.74) is 5.57. The summed E-state index contributed by atoms with van der Waals surface area (Å²) in [4.78, 5) is 28.1. The van der Waals surface area contributed by atoms with Gasteiger partial charge in [0.25, 0.3) is 0 Å². The lowest BCUT2D eigenvalue weighted by molar-refractivity contribution is -0.140. The van der Waals surface area contributed by atoms with E-state index in [9.17, 15) is 9.59 Å². The van der Waals surface area contributed by atoms with E-state index < -0.39 is 5.97 Å². The number of carbonyl (C=O) groups excluding carboxylic acids is 2. The van der Waals surface area contributed by atoms with Crippen LogP contribution in [0.2, 0.25) is 0 Å². The number of hydrogen-bond donors (Lipinski definition) is 0. The Hall–Kier alpha value is -2.75. The van der Waals surface area contributed by atoms with Crippen LogP contribution in [0.5, 0.6) is 0 Å². The van der Waals surface area contributed by atoms with Gasteiger partial charge in [0.1, 0.15) is 5.71 Å². The molecule has 3 rings (SSSR count). The summed E-state index contributed by atoms with van der Waals surface area (Å²) in [6.07, 6.45) is 1.29. The number of benzene rings is 2. The fourth-order valence-corrected chi connectivity index (χ4v) is 2.82. The highest BCUT2D eigenvalue weighted by Crippen LogP contribution is 2.36. The molecule has 1 aliphatic rings. The standard InChI is InChI=1S/C19H17NO3/c1-3-18(20-23-12(2)21)19(22)15-9-8-14-10-13-6-4-5-7-16(13)17(14)11-15/h4-9,11H,3,10H2,1-2H3. The topological polar surface area (TPSA) is 55.7 Å². The number of oxime groups is 1. The predicted octanol–water partition coefficient (Wildman–Crippen LogP) is 3.77. The largest absolute Gasteiger partial charge is 0.331 e. The van der Waals surface area contributed by atoms with Crippen molar-refractivity contribution in [2.24, 2.45) is 5.16 Å². The quantitative estimate of drug-likeness (QED) is 0.319. The van der Waals surface area contributed by atoms with Gasteiger partial charge in [0.2, 0.25) is 5.78 Å². The molecule has 0 unspecified atom stereocenters. The van der Waals surface area contributed by atoms with Crippen molar-refractivity contribution >= 4 is 17.5 Å². The fourth-order valence-electron chi connectivity index (χ4n) is 2.82. The summed E-state index contributed by atoms with van der Waals surface area (Å²) in [5, 5.41) is 3.67. The maximum Gasteiger partial charge on any atom is 0.331 e. The van der Waals surface area contributed by atoms with Crippen LogP contribution in [0.1, 0.15) is 41.8 Å². The van der Waals surface area contributed by atoms with E-state index in [-0.39, 0.29) is 11.5 Å². The minimum Gasteiger partial charge on any atom is -0.318 e. The Balaban J connectivity index is 1.96. The molecule has 23 heavy (non-hydrogen) atoms. The van der Waals surface area contributed by atoms with Crippen molar-refractivity contribution in [3.63, 3.8) is 0 Å². The molecule has 0 aliphatic heterocycles. The number of nitrogens with zero attached hydrogens (tertiary/aromatic N) is 1. The van der Waals surface area contributed by atoms with E-state index in [1.165, 1.54) is 23.6 Å². The Bertz CT molecular complexity index is 821. The average molecular weight is 307 g/mol. The second-order valence-corrected chi connectivity index (χ2v) is 5.51. The lowest BCUT2D eigenvalue weighted by Gasteiger charge is -2.06. The monoisotopic (exact) mass is 307 g/mol. The predicted molar refractivity (Wildman–Crippen MR) is 88.5 cm³/mol. The van der Waals surface area contributed by atoms with Gasteiger partial charge in [0.05, 0.1) is 0 Å². The number of hydrogen-bond acceptors (Lipinski definition) is 4. The smallest absolute Gasteiger partial charge is 0.318 e. The third-order valence-corrected chi connectivity index (χ3v) is 3.94. The van der Waals surface area contributed by atoms with Gasteiger partial charge in [-0.3, -0.25) is 4.79 Å². The van der Waals surface area contributed by atoms with E-state index in [4.69, 9.17) is 0 Å².